The van der Waals surface area contributed by atoms with E-state index in [1.165, 1.54) is 11.3 Å². The summed E-state index contributed by atoms with van der Waals surface area (Å²) in [6.45, 7) is 11.6. The van der Waals surface area contributed by atoms with Gasteiger partial charge in [-0.15, -0.1) is 0 Å². The van der Waals surface area contributed by atoms with Crippen LogP contribution in [0.3, 0.4) is 0 Å². The van der Waals surface area contributed by atoms with Crippen molar-refractivity contribution in [2.45, 2.75) is 46.5 Å². The van der Waals surface area contributed by atoms with Crippen molar-refractivity contribution >= 4 is 50.5 Å². The van der Waals surface area contributed by atoms with Crippen LogP contribution in [0.15, 0.2) is 53.9 Å². The summed E-state index contributed by atoms with van der Waals surface area (Å²) in [5, 5.41) is 25.2. The summed E-state index contributed by atoms with van der Waals surface area (Å²) in [5.74, 6) is -0.140. The number of urea groups is 1. The molecule has 0 aliphatic carbocycles. The minimum atomic E-state index is -0.721. The van der Waals surface area contributed by atoms with Gasteiger partial charge < -0.3 is 15.3 Å². The molecule has 2 aromatic heterocycles. The summed E-state index contributed by atoms with van der Waals surface area (Å²) < 4.78 is 0.826. The Hall–Kier alpha value is -4.56. The minimum Gasteiger partial charge on any atom is -0.481 e. The Morgan fingerprint density at radius 1 is 1.29 bits per heavy atom. The number of allylic oxidation sites excluding steroid dienone is 2. The highest BCUT2D eigenvalue weighted by molar-refractivity contribution is 7.22. The Bertz CT molecular complexity index is 1590. The van der Waals surface area contributed by atoms with Gasteiger partial charge in [-0.05, 0) is 68.5 Å². The summed E-state index contributed by atoms with van der Waals surface area (Å²) in [5.41, 5.74) is 3.54. The van der Waals surface area contributed by atoms with Crippen LogP contribution < -0.4 is 10.6 Å². The Labute approximate surface area is 249 Å². The van der Waals surface area contributed by atoms with Crippen molar-refractivity contribution in [1.29, 1.82) is 5.26 Å². The van der Waals surface area contributed by atoms with Crippen molar-refractivity contribution < 1.29 is 14.7 Å². The van der Waals surface area contributed by atoms with E-state index >= 15 is 0 Å². The summed E-state index contributed by atoms with van der Waals surface area (Å²) in [4.78, 5) is 40.0. The van der Waals surface area contributed by atoms with Crippen LogP contribution in [0, 0.1) is 16.7 Å². The van der Waals surface area contributed by atoms with Crippen molar-refractivity contribution in [2.75, 3.05) is 25.0 Å². The third kappa shape index (κ3) is 6.66. The molecule has 0 unspecified atom stereocenters. The van der Waals surface area contributed by atoms with E-state index in [-0.39, 0.29) is 6.03 Å². The van der Waals surface area contributed by atoms with Crippen molar-refractivity contribution in [3.05, 3.63) is 60.1 Å². The largest absolute Gasteiger partial charge is 0.481 e. The van der Waals surface area contributed by atoms with Gasteiger partial charge in [-0.3, -0.25) is 15.1 Å². The molecule has 42 heavy (non-hydrogen) atoms. The number of aliphatic carboxylic acids is 1. The van der Waals surface area contributed by atoms with Crippen LogP contribution >= 0.6 is 11.3 Å². The van der Waals surface area contributed by atoms with Crippen LogP contribution in [0.5, 0.6) is 0 Å². The number of anilines is 1. The van der Waals surface area contributed by atoms with Crippen LogP contribution in [0.2, 0.25) is 0 Å². The molecule has 0 bridgehead atoms. The molecule has 2 amide bonds. The number of thiazole rings is 1. The molecular formula is C31H35N7O3S. The number of hydrogen-bond donors (Lipinski definition) is 3. The first kappa shape index (κ1) is 30.4. The maximum atomic E-state index is 12.2. The minimum absolute atomic E-state index is 0.337. The van der Waals surface area contributed by atoms with Crippen LogP contribution in [0.4, 0.5) is 9.93 Å². The molecule has 0 radical (unpaired) electrons. The zero-order chi connectivity index (χ0) is 30.3. The second-order valence-corrected chi connectivity index (χ2v) is 11.2. The number of aromatic nitrogens is 2. The third-order valence-corrected chi connectivity index (χ3v) is 8.50. The number of carboxylic acid groups (broad SMARTS) is 1. The number of carboxylic acids is 1. The third-order valence-electron chi connectivity index (χ3n) is 7.48. The molecule has 0 spiro atoms. The van der Waals surface area contributed by atoms with Gasteiger partial charge in [0, 0.05) is 37.6 Å². The number of fused-ring (bicyclic) bond motifs is 1. The van der Waals surface area contributed by atoms with Gasteiger partial charge in [-0.25, -0.2) is 14.8 Å². The molecule has 218 valence electrons. The summed E-state index contributed by atoms with van der Waals surface area (Å²) in [6.07, 6.45) is 7.91. The lowest BCUT2D eigenvalue weighted by Gasteiger charge is -2.39. The van der Waals surface area contributed by atoms with Gasteiger partial charge in [0.15, 0.2) is 5.13 Å². The molecule has 1 saturated heterocycles. The number of amides is 2. The lowest BCUT2D eigenvalue weighted by atomic mass is 9.75. The number of nitrogens with zero attached hydrogens (tertiary/aromatic N) is 5. The Kier molecular flexibility index (Phi) is 9.70. The second-order valence-electron chi connectivity index (χ2n) is 10.2. The number of pyridine rings is 1. The van der Waals surface area contributed by atoms with Crippen molar-refractivity contribution in [2.24, 2.45) is 10.4 Å². The number of likely N-dealkylation sites (tertiary alicyclic amines) is 1. The van der Waals surface area contributed by atoms with Gasteiger partial charge >= 0.3 is 12.0 Å². The first-order valence-corrected chi connectivity index (χ1v) is 14.8. The number of piperidine rings is 1. The maximum Gasteiger partial charge on any atom is 0.321 e. The molecule has 1 fully saturated rings. The first-order valence-electron chi connectivity index (χ1n) is 14.0. The number of nitriles is 1. The van der Waals surface area contributed by atoms with Crippen LogP contribution in [0.1, 0.15) is 57.6 Å². The number of rotatable bonds is 10. The summed E-state index contributed by atoms with van der Waals surface area (Å²) in [6, 6.07) is 9.12. The summed E-state index contributed by atoms with van der Waals surface area (Å²) >= 11 is 1.33. The number of nitrogens with one attached hydrogen (secondary N) is 2. The lowest BCUT2D eigenvalue weighted by Crippen LogP contribution is -2.43. The van der Waals surface area contributed by atoms with Gasteiger partial charge in [0.05, 0.1) is 33.0 Å². The Morgan fingerprint density at radius 3 is 2.69 bits per heavy atom. The topological polar surface area (TPSA) is 144 Å². The quantitative estimate of drug-likeness (QED) is 0.237. The number of carbonyl (C=O) groups is 2. The molecule has 0 saturated carbocycles. The monoisotopic (exact) mass is 585 g/mol. The van der Waals surface area contributed by atoms with Gasteiger partial charge in [-0.2, -0.15) is 5.26 Å². The van der Waals surface area contributed by atoms with Crippen LogP contribution in [-0.4, -0.2) is 57.8 Å². The zero-order valence-corrected chi connectivity index (χ0v) is 24.9. The van der Waals surface area contributed by atoms with E-state index in [0.717, 1.165) is 27.8 Å². The van der Waals surface area contributed by atoms with Gasteiger partial charge in [0.1, 0.15) is 5.82 Å². The smallest absolute Gasteiger partial charge is 0.321 e. The van der Waals surface area contributed by atoms with E-state index in [1.807, 2.05) is 43.9 Å². The first-order chi connectivity index (χ1) is 20.2. The molecule has 1 aliphatic rings. The molecule has 1 aromatic carbocycles. The van der Waals surface area contributed by atoms with Crippen LogP contribution in [0.25, 0.3) is 27.0 Å². The molecule has 11 heteroatoms. The zero-order valence-electron chi connectivity index (χ0n) is 24.1. The fourth-order valence-corrected chi connectivity index (χ4v) is 6.14. The van der Waals surface area contributed by atoms with E-state index < -0.39 is 11.4 Å². The Morgan fingerprint density at radius 2 is 2.05 bits per heavy atom. The fourth-order valence-electron chi connectivity index (χ4n) is 5.18. The van der Waals surface area contributed by atoms with Crippen LogP contribution in [-0.2, 0) is 4.79 Å². The van der Waals surface area contributed by atoms with Crippen molar-refractivity contribution in [3.8, 4) is 17.3 Å². The fraction of sp³-hybridized carbons (Fsp3) is 0.355. The number of benzene rings is 1. The highest BCUT2D eigenvalue weighted by atomic mass is 32.1. The molecule has 0 atom stereocenters. The normalized spacial score (nSPS) is 15.0. The molecule has 10 nitrogen and oxygen atoms in total. The standard InChI is InChI=1S/C31H35N7O3S/c1-5-9-31(28(39)40)10-13-38(14-11-31)20(4)35-19-22(6-2)23-16-24(25-15-21(18-32)8-12-34-25)27-26(17-23)36-30(42-27)37-29(41)33-7-3/h6,8,12,15-17,19H,4-5,7,9-11,13-14H2,1-3H3,(H,39,40)(H2,33,36,37,41)/b22-6+,35-19-. The highest BCUT2D eigenvalue weighted by Gasteiger charge is 2.40. The molecule has 3 heterocycles. The predicted molar refractivity (Wildman–Crippen MR) is 167 cm³/mol. The molecular weight excluding hydrogens is 550 g/mol. The van der Waals surface area contributed by atoms with E-state index in [2.05, 4.69) is 38.2 Å². The van der Waals surface area contributed by atoms with Gasteiger partial charge in [0.2, 0.25) is 0 Å². The maximum absolute atomic E-state index is 12.2. The SMILES string of the molecule is C=C(/N=C\C(=C/C)c1cc(-c2cc(C#N)ccn2)c2sc(NC(=O)NCC)nc2c1)N1CCC(CCC)(C(=O)O)CC1. The molecule has 3 N–H and O–H groups in total. The van der Waals surface area contributed by atoms with Crippen molar-refractivity contribution in [3.63, 3.8) is 0 Å². The van der Waals surface area contributed by atoms with E-state index in [4.69, 9.17) is 0 Å². The second kappa shape index (κ2) is 13.4. The van der Waals surface area contributed by atoms with Crippen molar-refractivity contribution in [1.82, 2.24) is 20.2 Å². The van der Waals surface area contributed by atoms with E-state index in [1.54, 1.807) is 24.5 Å². The summed E-state index contributed by atoms with van der Waals surface area (Å²) in [7, 11) is 0. The predicted octanol–water partition coefficient (Wildman–Crippen LogP) is 6.28. The lowest BCUT2D eigenvalue weighted by molar-refractivity contribution is -0.152. The molecule has 3 aromatic rings. The average molecular weight is 586 g/mol. The highest BCUT2D eigenvalue weighted by Crippen LogP contribution is 2.39. The van der Waals surface area contributed by atoms with E-state index in [9.17, 15) is 20.0 Å². The molecule has 1 aliphatic heterocycles. The number of aliphatic imine (C=N–C) groups is 1. The van der Waals surface area contributed by atoms with Gasteiger partial charge in [-0.1, -0.05) is 37.3 Å². The number of hydrogen-bond acceptors (Lipinski definition) is 8. The number of carbonyl (C=O) groups excluding carboxylic acids is 1. The van der Waals surface area contributed by atoms with E-state index in [0.29, 0.717) is 66.6 Å². The molecule has 4 rings (SSSR count). The van der Waals surface area contributed by atoms with Gasteiger partial charge in [0.25, 0.3) is 0 Å². The average Bonchev–Trinajstić information content (AvgIpc) is 3.39. The Balaban J connectivity index is 1.64.